The predicted octanol–water partition coefficient (Wildman–Crippen LogP) is 2.66. The molecule has 2 amide bonds. The van der Waals surface area contributed by atoms with Crippen molar-refractivity contribution in [2.24, 2.45) is 5.92 Å². The molecule has 0 aliphatic carbocycles. The van der Waals surface area contributed by atoms with Crippen molar-refractivity contribution in [3.8, 4) is 5.88 Å². The topological polar surface area (TPSA) is 72.5 Å². The van der Waals surface area contributed by atoms with E-state index in [1.165, 1.54) is 13.2 Å². The van der Waals surface area contributed by atoms with Crippen molar-refractivity contribution in [1.82, 2.24) is 10.3 Å². The van der Waals surface area contributed by atoms with Crippen LogP contribution in [0.15, 0.2) is 12.1 Å². The number of halogens is 3. The quantitative estimate of drug-likeness (QED) is 0.888. The Balaban J connectivity index is 1.99. The molecule has 1 aliphatic rings. The molecule has 0 unspecified atom stereocenters. The molecular formula is C14H18F3N3O3. The maximum absolute atomic E-state index is 13.0. The van der Waals surface area contributed by atoms with Crippen molar-refractivity contribution in [2.75, 3.05) is 32.2 Å². The Hall–Kier alpha value is -2.03. The van der Waals surface area contributed by atoms with Crippen molar-refractivity contribution >= 4 is 11.7 Å². The number of hydrogen-bond donors (Lipinski definition) is 2. The number of carbonyl (C=O) groups is 1. The third-order valence-electron chi connectivity index (χ3n) is 3.49. The van der Waals surface area contributed by atoms with Gasteiger partial charge in [0.05, 0.1) is 12.8 Å². The fraction of sp³-hybridized carbons (Fsp3) is 0.571. The first-order valence-electron chi connectivity index (χ1n) is 7.15. The van der Waals surface area contributed by atoms with Gasteiger partial charge in [-0.05, 0) is 24.8 Å². The fourth-order valence-electron chi connectivity index (χ4n) is 2.23. The SMILES string of the molecule is COc1ccc(NC(=O)NCC2CCOCC2)c(C(F)(F)F)n1. The van der Waals surface area contributed by atoms with Gasteiger partial charge in [-0.3, -0.25) is 0 Å². The van der Waals surface area contributed by atoms with Gasteiger partial charge in [-0.15, -0.1) is 0 Å². The molecule has 0 aromatic carbocycles. The molecule has 23 heavy (non-hydrogen) atoms. The van der Waals surface area contributed by atoms with Gasteiger partial charge in [0.1, 0.15) is 0 Å². The van der Waals surface area contributed by atoms with Crippen molar-refractivity contribution in [2.45, 2.75) is 19.0 Å². The Bertz CT molecular complexity index is 546. The maximum Gasteiger partial charge on any atom is 0.435 e. The van der Waals surface area contributed by atoms with Crippen LogP contribution in [0.5, 0.6) is 5.88 Å². The lowest BCUT2D eigenvalue weighted by Gasteiger charge is -2.22. The van der Waals surface area contributed by atoms with E-state index in [0.717, 1.165) is 18.9 Å². The smallest absolute Gasteiger partial charge is 0.435 e. The van der Waals surface area contributed by atoms with Crippen LogP contribution in [0.2, 0.25) is 0 Å². The van der Waals surface area contributed by atoms with Crippen molar-refractivity contribution in [1.29, 1.82) is 0 Å². The molecular weight excluding hydrogens is 315 g/mol. The summed E-state index contributed by atoms with van der Waals surface area (Å²) in [5.74, 6) is 0.0936. The molecule has 2 N–H and O–H groups in total. The molecule has 1 aromatic heterocycles. The van der Waals surface area contributed by atoms with E-state index in [1.54, 1.807) is 0 Å². The summed E-state index contributed by atoms with van der Waals surface area (Å²) in [6, 6.07) is 1.67. The number of amides is 2. The van der Waals surface area contributed by atoms with E-state index < -0.39 is 23.6 Å². The third kappa shape index (κ3) is 4.98. The van der Waals surface area contributed by atoms with Gasteiger partial charge in [0.25, 0.3) is 0 Å². The van der Waals surface area contributed by atoms with E-state index in [0.29, 0.717) is 19.8 Å². The standard InChI is InChI=1S/C14H18F3N3O3/c1-22-11-3-2-10(12(20-11)14(15,16)17)19-13(21)18-8-9-4-6-23-7-5-9/h2-3,9H,4-8H2,1H3,(H2,18,19,21). The Labute approximate surface area is 131 Å². The Morgan fingerprint density at radius 2 is 2.09 bits per heavy atom. The van der Waals surface area contributed by atoms with E-state index in [9.17, 15) is 18.0 Å². The van der Waals surface area contributed by atoms with Gasteiger partial charge in [-0.2, -0.15) is 13.2 Å². The van der Waals surface area contributed by atoms with Crippen molar-refractivity contribution < 1.29 is 27.4 Å². The van der Waals surface area contributed by atoms with Crippen LogP contribution in [0.1, 0.15) is 18.5 Å². The van der Waals surface area contributed by atoms with E-state index in [1.807, 2.05) is 0 Å². The van der Waals surface area contributed by atoms with Crippen LogP contribution in [0.4, 0.5) is 23.7 Å². The van der Waals surface area contributed by atoms with Crippen LogP contribution in [-0.2, 0) is 10.9 Å². The molecule has 2 rings (SSSR count). The number of ether oxygens (including phenoxy) is 2. The lowest BCUT2D eigenvalue weighted by molar-refractivity contribution is -0.140. The van der Waals surface area contributed by atoms with Crippen molar-refractivity contribution in [3.63, 3.8) is 0 Å². The van der Waals surface area contributed by atoms with Gasteiger partial charge in [-0.1, -0.05) is 0 Å². The zero-order chi connectivity index (χ0) is 16.9. The zero-order valence-corrected chi connectivity index (χ0v) is 12.6. The molecule has 0 atom stereocenters. The summed E-state index contributed by atoms with van der Waals surface area (Å²) in [7, 11) is 1.22. The van der Waals surface area contributed by atoms with Crippen LogP contribution >= 0.6 is 0 Å². The van der Waals surface area contributed by atoms with Crippen LogP contribution in [0.25, 0.3) is 0 Å². The van der Waals surface area contributed by atoms with Crippen molar-refractivity contribution in [3.05, 3.63) is 17.8 Å². The van der Waals surface area contributed by atoms with E-state index in [4.69, 9.17) is 4.74 Å². The van der Waals surface area contributed by atoms with Crippen LogP contribution < -0.4 is 15.4 Å². The number of anilines is 1. The summed E-state index contributed by atoms with van der Waals surface area (Å²) in [4.78, 5) is 15.2. The number of urea groups is 1. The predicted molar refractivity (Wildman–Crippen MR) is 76.4 cm³/mol. The average Bonchev–Trinajstić information content (AvgIpc) is 2.53. The van der Waals surface area contributed by atoms with Crippen LogP contribution in [0, 0.1) is 5.92 Å². The average molecular weight is 333 g/mol. The molecule has 0 saturated carbocycles. The number of methoxy groups -OCH3 is 1. The second kappa shape index (κ2) is 7.49. The van der Waals surface area contributed by atoms with Crippen LogP contribution in [0.3, 0.4) is 0 Å². The lowest BCUT2D eigenvalue weighted by atomic mass is 10.0. The van der Waals surface area contributed by atoms with E-state index in [2.05, 4.69) is 20.4 Å². The number of aromatic nitrogens is 1. The van der Waals surface area contributed by atoms with Gasteiger partial charge < -0.3 is 20.1 Å². The number of alkyl halides is 3. The molecule has 1 aromatic rings. The number of rotatable bonds is 4. The second-order valence-corrected chi connectivity index (χ2v) is 5.14. The molecule has 1 aliphatic heterocycles. The minimum Gasteiger partial charge on any atom is -0.481 e. The first-order valence-corrected chi connectivity index (χ1v) is 7.15. The van der Waals surface area contributed by atoms with Gasteiger partial charge in [0.2, 0.25) is 5.88 Å². The fourth-order valence-corrected chi connectivity index (χ4v) is 2.23. The molecule has 128 valence electrons. The van der Waals surface area contributed by atoms with Gasteiger partial charge in [0, 0.05) is 25.8 Å². The van der Waals surface area contributed by atoms with Gasteiger partial charge >= 0.3 is 12.2 Å². The zero-order valence-electron chi connectivity index (χ0n) is 12.6. The normalized spacial score (nSPS) is 16.0. The second-order valence-electron chi connectivity index (χ2n) is 5.14. The van der Waals surface area contributed by atoms with E-state index in [-0.39, 0.29) is 11.8 Å². The summed E-state index contributed by atoms with van der Waals surface area (Å²) < 4.78 is 48.9. The molecule has 1 saturated heterocycles. The summed E-state index contributed by atoms with van der Waals surface area (Å²) in [5, 5.41) is 4.76. The summed E-state index contributed by atoms with van der Waals surface area (Å²) >= 11 is 0. The monoisotopic (exact) mass is 333 g/mol. The Kier molecular flexibility index (Phi) is 5.64. The highest BCUT2D eigenvalue weighted by molar-refractivity contribution is 5.90. The number of nitrogens with zero attached hydrogens (tertiary/aromatic N) is 1. The number of hydrogen-bond acceptors (Lipinski definition) is 4. The maximum atomic E-state index is 13.0. The molecule has 2 heterocycles. The summed E-state index contributed by atoms with van der Waals surface area (Å²) in [6.45, 7) is 1.66. The van der Waals surface area contributed by atoms with Gasteiger partial charge in [-0.25, -0.2) is 9.78 Å². The minimum atomic E-state index is -4.70. The summed E-state index contributed by atoms with van der Waals surface area (Å²) in [5.41, 5.74) is -1.61. The molecule has 0 radical (unpaired) electrons. The number of carbonyl (C=O) groups excluding carboxylic acids is 1. The molecule has 1 fully saturated rings. The molecule has 0 bridgehead atoms. The molecule has 6 nitrogen and oxygen atoms in total. The molecule has 0 spiro atoms. The van der Waals surface area contributed by atoms with Gasteiger partial charge in [0.15, 0.2) is 5.69 Å². The number of pyridine rings is 1. The highest BCUT2D eigenvalue weighted by Crippen LogP contribution is 2.34. The third-order valence-corrected chi connectivity index (χ3v) is 3.49. The highest BCUT2D eigenvalue weighted by Gasteiger charge is 2.36. The highest BCUT2D eigenvalue weighted by atomic mass is 19.4. The molecule has 9 heteroatoms. The minimum absolute atomic E-state index is 0.175. The largest absolute Gasteiger partial charge is 0.481 e. The number of nitrogens with one attached hydrogen (secondary N) is 2. The first kappa shape index (κ1) is 17.3. The lowest BCUT2D eigenvalue weighted by Crippen LogP contribution is -2.35. The Morgan fingerprint density at radius 3 is 2.70 bits per heavy atom. The first-order chi connectivity index (χ1) is 10.9. The summed E-state index contributed by atoms with van der Waals surface area (Å²) in [6.07, 6.45) is -3.06. The van der Waals surface area contributed by atoms with E-state index >= 15 is 0 Å². The van der Waals surface area contributed by atoms with Crippen LogP contribution in [-0.4, -0.2) is 37.9 Å². The Morgan fingerprint density at radius 1 is 1.39 bits per heavy atom.